The number of carbonyl (C=O) groups is 2. The van der Waals surface area contributed by atoms with Gasteiger partial charge in [-0.3, -0.25) is 9.59 Å². The van der Waals surface area contributed by atoms with E-state index >= 15 is 0 Å². The molecule has 150 valence electrons. The summed E-state index contributed by atoms with van der Waals surface area (Å²) < 4.78 is 11.7. The molecule has 0 spiro atoms. The Balaban J connectivity index is 1.65. The number of likely N-dealkylation sites (N-methyl/N-ethyl adjacent to an activating group) is 1. The van der Waals surface area contributed by atoms with E-state index in [0.29, 0.717) is 22.1 Å². The van der Waals surface area contributed by atoms with Crippen LogP contribution in [-0.2, 0) is 4.79 Å². The molecule has 3 aromatic rings. The molecule has 0 unspecified atom stereocenters. The minimum atomic E-state index is -0.357. The van der Waals surface area contributed by atoms with Gasteiger partial charge in [0.1, 0.15) is 17.2 Å². The third kappa shape index (κ3) is 5.55. The van der Waals surface area contributed by atoms with Gasteiger partial charge in [0.05, 0.1) is 22.3 Å². The molecule has 2 aromatic heterocycles. The van der Waals surface area contributed by atoms with Crippen molar-refractivity contribution in [2.75, 3.05) is 26.0 Å². The van der Waals surface area contributed by atoms with Gasteiger partial charge < -0.3 is 19.7 Å². The molecule has 0 saturated carbocycles. The SMILES string of the molecule is COc1ccc(Oc2ncccc2NC(=O)CN(C)C(=O)c2ccc(Br)s2)cc1. The molecular weight excluding hydrogens is 458 g/mol. The third-order valence-electron chi connectivity index (χ3n) is 3.83. The summed E-state index contributed by atoms with van der Waals surface area (Å²) in [5, 5.41) is 2.74. The first-order chi connectivity index (χ1) is 14.0. The lowest BCUT2D eigenvalue weighted by molar-refractivity contribution is -0.116. The van der Waals surface area contributed by atoms with Gasteiger partial charge in [-0.05, 0) is 64.5 Å². The van der Waals surface area contributed by atoms with Crippen LogP contribution < -0.4 is 14.8 Å². The highest BCUT2D eigenvalue weighted by atomic mass is 79.9. The standard InChI is InChI=1S/C20H18BrN3O4S/c1-24(20(26)16-9-10-17(21)29-16)12-18(25)23-15-4-3-11-22-19(15)28-14-7-5-13(27-2)6-8-14/h3-11H,12H2,1-2H3,(H,23,25). The van der Waals surface area contributed by atoms with Crippen molar-refractivity contribution in [3.05, 3.63) is 63.4 Å². The summed E-state index contributed by atoms with van der Waals surface area (Å²) in [6.07, 6.45) is 1.57. The molecule has 2 amide bonds. The molecule has 0 aliphatic carbocycles. The van der Waals surface area contributed by atoms with Gasteiger partial charge in [0, 0.05) is 13.2 Å². The van der Waals surface area contributed by atoms with Gasteiger partial charge in [-0.2, -0.15) is 0 Å². The second-order valence-electron chi connectivity index (χ2n) is 5.95. The molecule has 3 rings (SSSR count). The number of benzene rings is 1. The Morgan fingerprint density at radius 2 is 1.86 bits per heavy atom. The lowest BCUT2D eigenvalue weighted by Crippen LogP contribution is -2.34. The zero-order chi connectivity index (χ0) is 20.8. The number of nitrogens with one attached hydrogen (secondary N) is 1. The Kier molecular flexibility index (Phi) is 6.84. The molecule has 1 N–H and O–H groups in total. The zero-order valence-electron chi connectivity index (χ0n) is 15.7. The fraction of sp³-hybridized carbons (Fsp3) is 0.150. The number of carbonyl (C=O) groups excluding carboxylic acids is 2. The molecule has 2 heterocycles. The van der Waals surface area contributed by atoms with Crippen LogP contribution in [0.2, 0.25) is 0 Å². The maximum Gasteiger partial charge on any atom is 0.264 e. The zero-order valence-corrected chi connectivity index (χ0v) is 18.1. The lowest BCUT2D eigenvalue weighted by Gasteiger charge is -2.16. The summed E-state index contributed by atoms with van der Waals surface area (Å²) >= 11 is 4.64. The number of nitrogens with zero attached hydrogens (tertiary/aromatic N) is 2. The van der Waals surface area contributed by atoms with E-state index in [1.807, 2.05) is 0 Å². The van der Waals surface area contributed by atoms with Crippen molar-refractivity contribution in [3.8, 4) is 17.4 Å². The van der Waals surface area contributed by atoms with Crippen molar-refractivity contribution < 1.29 is 19.1 Å². The number of thiophene rings is 1. The molecule has 0 atom stereocenters. The van der Waals surface area contributed by atoms with E-state index in [1.54, 1.807) is 68.9 Å². The number of hydrogen-bond donors (Lipinski definition) is 1. The average Bonchev–Trinajstić information content (AvgIpc) is 3.15. The maximum atomic E-state index is 12.4. The molecule has 0 bridgehead atoms. The van der Waals surface area contributed by atoms with Crippen LogP contribution >= 0.6 is 27.3 Å². The normalized spacial score (nSPS) is 10.3. The fourth-order valence-electron chi connectivity index (χ4n) is 2.42. The number of hydrogen-bond acceptors (Lipinski definition) is 6. The van der Waals surface area contributed by atoms with Crippen LogP contribution in [0.4, 0.5) is 5.69 Å². The van der Waals surface area contributed by atoms with Crippen LogP contribution in [0, 0.1) is 0 Å². The monoisotopic (exact) mass is 475 g/mol. The Morgan fingerprint density at radius 1 is 1.14 bits per heavy atom. The van der Waals surface area contributed by atoms with Gasteiger partial charge in [0.25, 0.3) is 5.91 Å². The summed E-state index contributed by atoms with van der Waals surface area (Å²) in [5.74, 6) is 0.927. The van der Waals surface area contributed by atoms with Crippen molar-refractivity contribution in [2.24, 2.45) is 0 Å². The van der Waals surface area contributed by atoms with Gasteiger partial charge in [-0.1, -0.05) is 0 Å². The minimum Gasteiger partial charge on any atom is -0.497 e. The molecule has 0 aliphatic heterocycles. The molecule has 9 heteroatoms. The smallest absolute Gasteiger partial charge is 0.264 e. The predicted octanol–water partition coefficient (Wildman–Crippen LogP) is 4.42. The number of rotatable bonds is 7. The molecule has 7 nitrogen and oxygen atoms in total. The molecule has 1 aromatic carbocycles. The topological polar surface area (TPSA) is 80.8 Å². The average molecular weight is 476 g/mol. The van der Waals surface area contributed by atoms with E-state index in [-0.39, 0.29) is 24.2 Å². The molecule has 0 fully saturated rings. The fourth-order valence-corrected chi connectivity index (χ4v) is 3.80. The molecule has 0 radical (unpaired) electrons. The van der Waals surface area contributed by atoms with Crippen molar-refractivity contribution in [1.82, 2.24) is 9.88 Å². The first kappa shape index (κ1) is 20.8. The molecule has 0 saturated heterocycles. The third-order valence-corrected chi connectivity index (χ3v) is 5.44. The summed E-state index contributed by atoms with van der Waals surface area (Å²) in [6, 6.07) is 13.9. The molecule has 29 heavy (non-hydrogen) atoms. The Bertz CT molecular complexity index is 1010. The van der Waals surface area contributed by atoms with Crippen molar-refractivity contribution >= 4 is 44.8 Å². The number of ether oxygens (including phenoxy) is 2. The number of methoxy groups -OCH3 is 1. The van der Waals surface area contributed by atoms with Crippen LogP contribution in [0.3, 0.4) is 0 Å². The lowest BCUT2D eigenvalue weighted by atomic mass is 10.3. The second-order valence-corrected chi connectivity index (χ2v) is 8.41. The first-order valence-corrected chi connectivity index (χ1v) is 10.1. The quantitative estimate of drug-likeness (QED) is 0.546. The molecular formula is C20H18BrN3O4S. The van der Waals surface area contributed by atoms with E-state index < -0.39 is 0 Å². The molecule has 0 aliphatic rings. The highest BCUT2D eigenvalue weighted by molar-refractivity contribution is 9.11. The van der Waals surface area contributed by atoms with Gasteiger partial charge in [0.15, 0.2) is 0 Å². The van der Waals surface area contributed by atoms with E-state index in [1.165, 1.54) is 16.2 Å². The van der Waals surface area contributed by atoms with E-state index in [2.05, 4.69) is 26.2 Å². The van der Waals surface area contributed by atoms with Gasteiger partial charge in [0.2, 0.25) is 11.8 Å². The Morgan fingerprint density at radius 3 is 2.52 bits per heavy atom. The van der Waals surface area contributed by atoms with Crippen molar-refractivity contribution in [3.63, 3.8) is 0 Å². The van der Waals surface area contributed by atoms with Crippen LogP contribution in [0.5, 0.6) is 17.4 Å². The van der Waals surface area contributed by atoms with Crippen molar-refractivity contribution in [1.29, 1.82) is 0 Å². The predicted molar refractivity (Wildman–Crippen MR) is 115 cm³/mol. The summed E-state index contributed by atoms with van der Waals surface area (Å²) in [4.78, 5) is 30.9. The van der Waals surface area contributed by atoms with Gasteiger partial charge >= 0.3 is 0 Å². The largest absolute Gasteiger partial charge is 0.497 e. The van der Waals surface area contributed by atoms with E-state index in [0.717, 1.165) is 3.79 Å². The highest BCUT2D eigenvalue weighted by Gasteiger charge is 2.18. The number of amides is 2. The van der Waals surface area contributed by atoms with Crippen molar-refractivity contribution in [2.45, 2.75) is 0 Å². The van der Waals surface area contributed by atoms with Crippen LogP contribution in [0.1, 0.15) is 9.67 Å². The van der Waals surface area contributed by atoms with Crippen LogP contribution in [0.25, 0.3) is 0 Å². The maximum absolute atomic E-state index is 12.4. The number of halogens is 1. The number of anilines is 1. The van der Waals surface area contributed by atoms with Crippen LogP contribution in [0.15, 0.2) is 58.5 Å². The summed E-state index contributed by atoms with van der Waals surface area (Å²) in [6.45, 7) is -0.106. The number of pyridine rings is 1. The summed E-state index contributed by atoms with van der Waals surface area (Å²) in [5.41, 5.74) is 0.410. The minimum absolute atomic E-state index is 0.106. The second kappa shape index (κ2) is 9.53. The van der Waals surface area contributed by atoms with E-state index in [9.17, 15) is 9.59 Å². The first-order valence-electron chi connectivity index (χ1n) is 8.54. The number of aromatic nitrogens is 1. The Hall–Kier alpha value is -2.91. The Labute approximate surface area is 180 Å². The van der Waals surface area contributed by atoms with Crippen LogP contribution in [-0.4, -0.2) is 42.4 Å². The van der Waals surface area contributed by atoms with Gasteiger partial charge in [-0.25, -0.2) is 4.98 Å². The van der Waals surface area contributed by atoms with Gasteiger partial charge in [-0.15, -0.1) is 11.3 Å². The highest BCUT2D eigenvalue weighted by Crippen LogP contribution is 2.28. The van der Waals surface area contributed by atoms with E-state index in [4.69, 9.17) is 9.47 Å². The summed E-state index contributed by atoms with van der Waals surface area (Å²) in [7, 11) is 3.16.